The Labute approximate surface area is 243 Å². The van der Waals surface area contributed by atoms with Crippen molar-refractivity contribution in [2.45, 2.75) is 31.2 Å². The zero-order valence-electron chi connectivity index (χ0n) is 23.3. The van der Waals surface area contributed by atoms with Crippen LogP contribution in [-0.2, 0) is 30.4 Å². The van der Waals surface area contributed by atoms with Crippen LogP contribution in [0.15, 0.2) is 63.9 Å². The molecular weight excluding hydrogens is 570 g/mol. The minimum Gasteiger partial charge on any atom is -0.469 e. The Bertz CT molecular complexity index is 1720. The fourth-order valence-electron chi connectivity index (χ4n) is 3.96. The fraction of sp³-hybridized carbons (Fsp3) is 0.259. The van der Waals surface area contributed by atoms with E-state index in [9.17, 15) is 29.3 Å². The van der Waals surface area contributed by atoms with E-state index in [0.29, 0.717) is 22.2 Å². The number of nitro groups is 1. The molecule has 218 valence electrons. The summed E-state index contributed by atoms with van der Waals surface area (Å²) in [5, 5.41) is 21.5. The number of hydrogen-bond acceptors (Lipinski definition) is 12. The van der Waals surface area contributed by atoms with Crippen molar-refractivity contribution in [2.75, 3.05) is 18.7 Å². The molecule has 0 fully saturated rings. The van der Waals surface area contributed by atoms with Crippen LogP contribution in [0.3, 0.4) is 0 Å². The van der Waals surface area contributed by atoms with Crippen LogP contribution in [0.5, 0.6) is 0 Å². The minimum absolute atomic E-state index is 0.00922. The number of carbonyl (C=O) groups is 3. The number of ether oxygens (including phenoxy) is 2. The lowest BCUT2D eigenvalue weighted by molar-refractivity contribution is -0.384. The third-order valence-electron chi connectivity index (χ3n) is 6.09. The second-order valence-corrected chi connectivity index (χ2v) is 9.89. The van der Waals surface area contributed by atoms with Crippen LogP contribution in [0.25, 0.3) is 22.2 Å². The number of fused-ring (bicyclic) bond motifs is 1. The number of carbonyl (C=O) groups excluding carboxylic acids is 3. The summed E-state index contributed by atoms with van der Waals surface area (Å²) >= 11 is 1.14. The van der Waals surface area contributed by atoms with Gasteiger partial charge in [0, 0.05) is 31.4 Å². The number of methoxy groups -OCH3 is 1. The lowest BCUT2D eigenvalue weighted by Crippen LogP contribution is -2.29. The van der Waals surface area contributed by atoms with E-state index in [1.807, 2.05) is 0 Å². The Kier molecular flexibility index (Phi) is 8.87. The van der Waals surface area contributed by atoms with E-state index in [1.165, 1.54) is 42.1 Å². The van der Waals surface area contributed by atoms with Crippen molar-refractivity contribution >= 4 is 52.0 Å². The molecule has 2 atom stereocenters. The molecule has 2 heterocycles. The number of nitrogens with zero attached hydrogens (tertiary/aromatic N) is 4. The maximum absolute atomic E-state index is 12.6. The molecule has 0 spiro atoms. The van der Waals surface area contributed by atoms with E-state index in [4.69, 9.17) is 10.5 Å². The molecule has 0 aliphatic heterocycles. The molecule has 14 nitrogen and oxygen atoms in total. The Balaban J connectivity index is 1.53. The third kappa shape index (κ3) is 7.17. The first-order valence-electron chi connectivity index (χ1n) is 12.9. The Morgan fingerprint density at radius 3 is 2.64 bits per heavy atom. The van der Waals surface area contributed by atoms with Crippen LogP contribution in [0, 0.1) is 10.1 Å². The molecule has 2 aromatic heterocycles. The molecule has 2 aromatic carbocycles. The maximum Gasteiger partial charge on any atom is 0.360 e. The lowest BCUT2D eigenvalue weighted by atomic mass is 10.1. The highest BCUT2D eigenvalue weighted by Crippen LogP contribution is 2.26. The van der Waals surface area contributed by atoms with E-state index in [2.05, 4.69) is 20.4 Å². The first-order valence-corrected chi connectivity index (χ1v) is 13.5. The molecule has 0 aliphatic rings. The summed E-state index contributed by atoms with van der Waals surface area (Å²) in [5.41, 5.74) is 0.642. The van der Waals surface area contributed by atoms with Crippen molar-refractivity contribution < 1.29 is 34.6 Å². The van der Waals surface area contributed by atoms with E-state index < -0.39 is 46.6 Å². The van der Waals surface area contributed by atoms with Gasteiger partial charge in [0.05, 0.1) is 36.4 Å². The van der Waals surface area contributed by atoms with Gasteiger partial charge >= 0.3 is 17.6 Å². The number of amides is 1. The van der Waals surface area contributed by atoms with E-state index in [0.717, 1.165) is 11.8 Å². The second-order valence-electron chi connectivity index (χ2n) is 8.85. The minimum atomic E-state index is -0.894. The summed E-state index contributed by atoms with van der Waals surface area (Å²) < 4.78 is 24.1. The summed E-state index contributed by atoms with van der Waals surface area (Å²) in [6.07, 6.45) is 2.18. The molecule has 2 unspecified atom stereocenters. The number of non-ortho nitro benzene ring substituents is 1. The Morgan fingerprint density at radius 1 is 1.21 bits per heavy atom. The highest BCUT2D eigenvalue weighted by molar-refractivity contribution is 8.00. The average molecular weight is 597 g/mol. The number of nitrogens with one attached hydrogen (secondary N) is 1. The van der Waals surface area contributed by atoms with Gasteiger partial charge in [-0.25, -0.2) is 9.48 Å². The van der Waals surface area contributed by atoms with Crippen molar-refractivity contribution in [3.63, 3.8) is 0 Å². The van der Waals surface area contributed by atoms with Crippen molar-refractivity contribution in [2.24, 2.45) is 0 Å². The number of anilines is 1. The number of hydrogen-bond donors (Lipinski definition) is 1. The zero-order chi connectivity index (χ0) is 31.1. The predicted octanol–water partition coefficient (Wildman–Crippen LogP) is 3.50. The van der Waals surface area contributed by atoms with E-state index in [1.54, 1.807) is 30.7 Å². The molecular formula is C27H25N5O9S. The lowest BCUT2D eigenvalue weighted by Gasteiger charge is -2.17. The standard InChI is InChI=1S/C27H25N5O9S/c1-15(33)40-23(16-6-8-19(9-7-16)32(37)38)14-31-13-21(29-30-31)17-4-5-18-10-20(27(36)41-22(18)11-17)28-26(35)24(42-3)12-25(34)39-2/h4-11,13,23-24H,12,14H2,1-3H3,(H,28,35)/i1D. The smallest absolute Gasteiger partial charge is 0.360 e. The second kappa shape index (κ2) is 13.1. The first-order chi connectivity index (χ1) is 20.6. The highest BCUT2D eigenvalue weighted by Gasteiger charge is 2.23. The topological polar surface area (TPSA) is 186 Å². The number of rotatable bonds is 11. The van der Waals surface area contributed by atoms with Gasteiger partial charge in [-0.15, -0.1) is 5.10 Å². The van der Waals surface area contributed by atoms with Gasteiger partial charge in [-0.05, 0) is 36.1 Å². The molecule has 1 N–H and O–H groups in total. The summed E-state index contributed by atoms with van der Waals surface area (Å²) in [7, 11) is 1.22. The first kappa shape index (κ1) is 28.5. The van der Waals surface area contributed by atoms with Gasteiger partial charge in [0.1, 0.15) is 23.1 Å². The molecule has 4 rings (SSSR count). The molecule has 42 heavy (non-hydrogen) atoms. The summed E-state index contributed by atoms with van der Waals surface area (Å²) in [5.74, 6) is -1.88. The summed E-state index contributed by atoms with van der Waals surface area (Å²) in [6.45, 7) is -0.597. The van der Waals surface area contributed by atoms with Gasteiger partial charge in [0.2, 0.25) is 5.91 Å². The number of benzene rings is 2. The normalized spacial score (nSPS) is 12.7. The molecule has 15 heteroatoms. The van der Waals surface area contributed by atoms with Crippen molar-refractivity contribution in [1.82, 2.24) is 15.0 Å². The van der Waals surface area contributed by atoms with Gasteiger partial charge in [0.25, 0.3) is 5.69 Å². The van der Waals surface area contributed by atoms with Crippen molar-refractivity contribution in [3.05, 3.63) is 80.8 Å². The van der Waals surface area contributed by atoms with Crippen LogP contribution >= 0.6 is 11.8 Å². The van der Waals surface area contributed by atoms with Gasteiger partial charge in [-0.1, -0.05) is 17.3 Å². The number of aromatic nitrogens is 3. The highest BCUT2D eigenvalue weighted by atomic mass is 32.2. The molecule has 0 aliphatic carbocycles. The largest absolute Gasteiger partial charge is 0.469 e. The molecule has 1 amide bonds. The quantitative estimate of drug-likeness (QED) is 0.115. The maximum atomic E-state index is 12.6. The monoisotopic (exact) mass is 596 g/mol. The summed E-state index contributed by atoms with van der Waals surface area (Å²) in [6, 6.07) is 11.9. The Morgan fingerprint density at radius 2 is 1.98 bits per heavy atom. The van der Waals surface area contributed by atoms with Crippen molar-refractivity contribution in [3.8, 4) is 11.3 Å². The van der Waals surface area contributed by atoms with Gasteiger partial charge in [0.15, 0.2) is 0 Å². The molecule has 0 radical (unpaired) electrons. The van der Waals surface area contributed by atoms with Crippen molar-refractivity contribution in [1.29, 1.82) is 0 Å². The molecule has 0 saturated carbocycles. The molecule has 0 bridgehead atoms. The van der Waals surface area contributed by atoms with E-state index in [-0.39, 0.29) is 29.9 Å². The zero-order valence-corrected chi connectivity index (χ0v) is 23.2. The van der Waals surface area contributed by atoms with Gasteiger partial charge in [-0.3, -0.25) is 24.5 Å². The van der Waals surface area contributed by atoms with Crippen LogP contribution < -0.4 is 10.9 Å². The SMILES string of the molecule is [2H]CC(=O)OC(Cn1cc(-c2ccc3cc(NC(=O)C(CC(=O)OC)SC)c(=O)oc3c2)nn1)c1ccc([N+](=O)[O-])cc1. The predicted molar refractivity (Wildman–Crippen MR) is 152 cm³/mol. The number of thioether (sulfide) groups is 1. The van der Waals surface area contributed by atoms with Crippen LogP contribution in [-0.4, -0.2) is 56.4 Å². The number of nitro benzene ring substituents is 1. The van der Waals surface area contributed by atoms with Crippen LogP contribution in [0.4, 0.5) is 11.4 Å². The van der Waals surface area contributed by atoms with E-state index >= 15 is 0 Å². The Hall–Kier alpha value is -5.05. The van der Waals surface area contributed by atoms with Gasteiger partial charge < -0.3 is 19.2 Å². The van der Waals surface area contributed by atoms with Crippen LogP contribution in [0.2, 0.25) is 0 Å². The molecule has 0 saturated heterocycles. The molecule has 4 aromatic rings. The number of esters is 2. The van der Waals surface area contributed by atoms with Crippen LogP contribution in [0.1, 0.15) is 26.4 Å². The summed E-state index contributed by atoms with van der Waals surface area (Å²) in [4.78, 5) is 59.1. The third-order valence-corrected chi connectivity index (χ3v) is 7.04. The average Bonchev–Trinajstić information content (AvgIpc) is 3.47. The fourth-order valence-corrected chi connectivity index (χ4v) is 4.53. The van der Waals surface area contributed by atoms with Gasteiger partial charge in [-0.2, -0.15) is 11.8 Å².